The minimum atomic E-state index is -0.996. The normalized spacial score (nSPS) is 23.5. The SMILES string of the molecule is CN1C(=O)CCC(C(=O)O)C1c1cc(F)cc(Cl)c1. The fourth-order valence-electron chi connectivity index (χ4n) is 2.50. The number of nitrogens with zero attached hydrogens (tertiary/aromatic N) is 1. The van der Waals surface area contributed by atoms with Crippen LogP contribution in [0.4, 0.5) is 4.39 Å². The predicted molar refractivity (Wildman–Crippen MR) is 67.3 cm³/mol. The van der Waals surface area contributed by atoms with E-state index >= 15 is 0 Å². The van der Waals surface area contributed by atoms with Crippen LogP contribution in [-0.4, -0.2) is 28.9 Å². The van der Waals surface area contributed by atoms with E-state index in [0.717, 1.165) is 6.07 Å². The number of carboxylic acids is 1. The van der Waals surface area contributed by atoms with Crippen molar-refractivity contribution < 1.29 is 19.1 Å². The molecule has 1 aliphatic heterocycles. The highest BCUT2D eigenvalue weighted by molar-refractivity contribution is 6.30. The third kappa shape index (κ3) is 2.71. The van der Waals surface area contributed by atoms with Gasteiger partial charge < -0.3 is 10.0 Å². The molecule has 1 fully saturated rings. The molecule has 0 spiro atoms. The van der Waals surface area contributed by atoms with Crippen LogP contribution in [0.5, 0.6) is 0 Å². The summed E-state index contributed by atoms with van der Waals surface area (Å²) in [4.78, 5) is 24.4. The van der Waals surface area contributed by atoms with Gasteiger partial charge in [0.05, 0.1) is 12.0 Å². The van der Waals surface area contributed by atoms with Crippen molar-refractivity contribution in [1.29, 1.82) is 0 Å². The number of halogens is 2. The molecule has 0 aliphatic carbocycles. The van der Waals surface area contributed by atoms with Gasteiger partial charge in [0.1, 0.15) is 5.82 Å². The fourth-order valence-corrected chi connectivity index (χ4v) is 2.73. The van der Waals surface area contributed by atoms with Gasteiger partial charge in [-0.1, -0.05) is 11.6 Å². The fraction of sp³-hybridized carbons (Fsp3) is 0.385. The summed E-state index contributed by atoms with van der Waals surface area (Å²) >= 11 is 5.79. The average Bonchev–Trinajstić information content (AvgIpc) is 2.30. The molecule has 0 radical (unpaired) electrons. The second-order valence-corrected chi connectivity index (χ2v) is 5.07. The van der Waals surface area contributed by atoms with Gasteiger partial charge in [0, 0.05) is 18.5 Å². The number of rotatable bonds is 2. The second kappa shape index (κ2) is 5.17. The van der Waals surface area contributed by atoms with Crippen LogP contribution in [0, 0.1) is 11.7 Å². The van der Waals surface area contributed by atoms with E-state index in [9.17, 15) is 19.1 Å². The van der Waals surface area contributed by atoms with Crippen molar-refractivity contribution in [2.45, 2.75) is 18.9 Å². The molecule has 0 saturated carbocycles. The molecule has 1 saturated heterocycles. The van der Waals surface area contributed by atoms with Gasteiger partial charge in [-0.2, -0.15) is 0 Å². The standard InChI is InChI=1S/C13H13ClFNO3/c1-16-11(17)3-2-10(13(18)19)12(16)7-4-8(14)6-9(15)5-7/h4-6,10,12H,2-3H2,1H3,(H,18,19). The number of carbonyl (C=O) groups excluding carboxylic acids is 1. The Morgan fingerprint density at radius 2 is 2.16 bits per heavy atom. The minimum Gasteiger partial charge on any atom is -0.481 e. The van der Waals surface area contributed by atoms with E-state index in [-0.39, 0.29) is 23.8 Å². The Kier molecular flexibility index (Phi) is 3.75. The molecular formula is C13H13ClFNO3. The molecule has 1 heterocycles. The van der Waals surface area contributed by atoms with Crippen molar-refractivity contribution >= 4 is 23.5 Å². The zero-order valence-electron chi connectivity index (χ0n) is 10.3. The summed E-state index contributed by atoms with van der Waals surface area (Å²) in [5, 5.41) is 9.43. The highest BCUT2D eigenvalue weighted by atomic mass is 35.5. The van der Waals surface area contributed by atoms with Crippen molar-refractivity contribution in [3.63, 3.8) is 0 Å². The number of aliphatic carboxylic acids is 1. The smallest absolute Gasteiger partial charge is 0.308 e. The molecule has 1 aromatic carbocycles. The van der Waals surface area contributed by atoms with Crippen molar-refractivity contribution in [2.24, 2.45) is 5.92 Å². The maximum Gasteiger partial charge on any atom is 0.308 e. The summed E-state index contributed by atoms with van der Waals surface area (Å²) in [7, 11) is 1.53. The predicted octanol–water partition coefficient (Wildman–Crippen LogP) is 2.47. The lowest BCUT2D eigenvalue weighted by Crippen LogP contribution is -2.43. The number of hydrogen-bond acceptors (Lipinski definition) is 2. The van der Waals surface area contributed by atoms with Crippen LogP contribution >= 0.6 is 11.6 Å². The maximum atomic E-state index is 13.4. The van der Waals surface area contributed by atoms with E-state index < -0.39 is 23.7 Å². The topological polar surface area (TPSA) is 57.6 Å². The molecule has 2 rings (SSSR count). The first-order valence-electron chi connectivity index (χ1n) is 5.84. The first-order chi connectivity index (χ1) is 8.90. The Hall–Kier alpha value is -1.62. The number of carboxylic acid groups (broad SMARTS) is 1. The van der Waals surface area contributed by atoms with Gasteiger partial charge in [0.15, 0.2) is 0 Å². The summed E-state index contributed by atoms with van der Waals surface area (Å²) in [5.41, 5.74) is 0.410. The Labute approximate surface area is 114 Å². The molecule has 1 aliphatic rings. The Bertz CT molecular complexity index is 514. The summed E-state index contributed by atoms with van der Waals surface area (Å²) in [6, 6.07) is 3.18. The summed E-state index contributed by atoms with van der Waals surface area (Å²) in [6.07, 6.45) is 0.435. The molecule has 1 aromatic rings. The summed E-state index contributed by atoms with van der Waals surface area (Å²) < 4.78 is 13.4. The Balaban J connectivity index is 2.46. The monoisotopic (exact) mass is 285 g/mol. The molecule has 2 atom stereocenters. The van der Waals surface area contributed by atoms with Crippen LogP contribution in [-0.2, 0) is 9.59 Å². The molecule has 19 heavy (non-hydrogen) atoms. The van der Waals surface area contributed by atoms with E-state index in [1.165, 1.54) is 24.1 Å². The van der Waals surface area contributed by atoms with Gasteiger partial charge in [-0.25, -0.2) is 4.39 Å². The van der Waals surface area contributed by atoms with Crippen LogP contribution in [0.15, 0.2) is 18.2 Å². The van der Waals surface area contributed by atoms with Crippen LogP contribution in [0.1, 0.15) is 24.4 Å². The molecule has 102 valence electrons. The van der Waals surface area contributed by atoms with Crippen LogP contribution in [0.3, 0.4) is 0 Å². The molecule has 0 aromatic heterocycles. The lowest BCUT2D eigenvalue weighted by atomic mass is 9.84. The number of carbonyl (C=O) groups is 2. The Morgan fingerprint density at radius 3 is 2.74 bits per heavy atom. The van der Waals surface area contributed by atoms with Crippen LogP contribution in [0.25, 0.3) is 0 Å². The van der Waals surface area contributed by atoms with Crippen molar-refractivity contribution in [3.05, 3.63) is 34.6 Å². The third-order valence-electron chi connectivity index (χ3n) is 3.40. The molecule has 6 heteroatoms. The minimum absolute atomic E-state index is 0.150. The van der Waals surface area contributed by atoms with Gasteiger partial charge in [0.2, 0.25) is 5.91 Å². The largest absolute Gasteiger partial charge is 0.481 e. The quantitative estimate of drug-likeness (QED) is 0.908. The van der Waals surface area contributed by atoms with Gasteiger partial charge in [-0.15, -0.1) is 0 Å². The van der Waals surface area contributed by atoms with E-state index in [1.807, 2.05) is 0 Å². The van der Waals surface area contributed by atoms with E-state index in [2.05, 4.69) is 0 Å². The molecule has 4 nitrogen and oxygen atoms in total. The van der Waals surface area contributed by atoms with E-state index in [1.54, 1.807) is 0 Å². The second-order valence-electron chi connectivity index (χ2n) is 4.64. The molecule has 0 bridgehead atoms. The first kappa shape index (κ1) is 13.8. The highest BCUT2D eigenvalue weighted by Crippen LogP contribution is 2.37. The van der Waals surface area contributed by atoms with Crippen molar-refractivity contribution in [1.82, 2.24) is 4.90 Å². The summed E-state index contributed by atoms with van der Waals surface area (Å²) in [6.45, 7) is 0. The third-order valence-corrected chi connectivity index (χ3v) is 3.62. The number of piperidine rings is 1. The zero-order valence-corrected chi connectivity index (χ0v) is 11.0. The van der Waals surface area contributed by atoms with Crippen LogP contribution in [0.2, 0.25) is 5.02 Å². The average molecular weight is 286 g/mol. The Morgan fingerprint density at radius 1 is 1.47 bits per heavy atom. The van der Waals surface area contributed by atoms with Gasteiger partial charge in [-0.05, 0) is 30.2 Å². The van der Waals surface area contributed by atoms with Gasteiger partial charge in [-0.3, -0.25) is 9.59 Å². The van der Waals surface area contributed by atoms with Gasteiger partial charge in [0.25, 0.3) is 0 Å². The van der Waals surface area contributed by atoms with Gasteiger partial charge >= 0.3 is 5.97 Å². The first-order valence-corrected chi connectivity index (χ1v) is 6.22. The van der Waals surface area contributed by atoms with E-state index in [0.29, 0.717) is 5.56 Å². The van der Waals surface area contributed by atoms with Crippen LogP contribution < -0.4 is 0 Å². The number of amides is 1. The molecule has 2 unspecified atom stereocenters. The number of hydrogen-bond donors (Lipinski definition) is 1. The van der Waals surface area contributed by atoms with Crippen molar-refractivity contribution in [3.8, 4) is 0 Å². The number of benzene rings is 1. The number of likely N-dealkylation sites (tertiary alicyclic amines) is 1. The summed E-state index contributed by atoms with van der Waals surface area (Å²) in [5.74, 6) is -2.44. The highest BCUT2D eigenvalue weighted by Gasteiger charge is 2.39. The molecule has 1 amide bonds. The lowest BCUT2D eigenvalue weighted by Gasteiger charge is -2.37. The van der Waals surface area contributed by atoms with Crippen molar-refractivity contribution in [2.75, 3.05) is 7.05 Å². The maximum absolute atomic E-state index is 13.4. The molecular weight excluding hydrogens is 273 g/mol. The zero-order chi connectivity index (χ0) is 14.2. The van der Waals surface area contributed by atoms with E-state index in [4.69, 9.17) is 11.6 Å². The lowest BCUT2D eigenvalue weighted by molar-refractivity contribution is -0.150. The molecule has 1 N–H and O–H groups in total.